The van der Waals surface area contributed by atoms with Gasteiger partial charge in [-0.1, -0.05) is 11.6 Å². The van der Waals surface area contributed by atoms with Gasteiger partial charge in [0.15, 0.2) is 5.88 Å². The van der Waals surface area contributed by atoms with Crippen molar-refractivity contribution in [3.8, 4) is 23.5 Å². The number of rotatable bonds is 3. The number of sulfonamides is 1. The van der Waals surface area contributed by atoms with Crippen LogP contribution in [0.25, 0.3) is 5.69 Å². The van der Waals surface area contributed by atoms with Gasteiger partial charge < -0.3 is 10.2 Å². The van der Waals surface area contributed by atoms with Crippen molar-refractivity contribution in [2.75, 3.05) is 0 Å². The first-order valence-corrected chi connectivity index (χ1v) is 7.50. The first-order chi connectivity index (χ1) is 9.75. The van der Waals surface area contributed by atoms with Crippen LogP contribution in [0.3, 0.4) is 0 Å². The zero-order valence-corrected chi connectivity index (χ0v) is 12.1. The van der Waals surface area contributed by atoms with Crippen LogP contribution in [0.1, 0.15) is 5.56 Å². The first kappa shape index (κ1) is 15.2. The Morgan fingerprint density at radius 1 is 1.33 bits per heavy atom. The van der Waals surface area contributed by atoms with Crippen molar-refractivity contribution in [3.05, 3.63) is 34.9 Å². The molecule has 0 aliphatic carbocycles. The topological polar surface area (TPSA) is 129 Å². The average Bonchev–Trinajstić information content (AvgIpc) is 2.64. The van der Waals surface area contributed by atoms with E-state index in [-0.39, 0.29) is 39.3 Å². The van der Waals surface area contributed by atoms with Crippen LogP contribution in [-0.2, 0) is 16.4 Å². The normalized spacial score (nSPS) is 11.3. The molecule has 2 aromatic rings. The predicted molar refractivity (Wildman–Crippen MR) is 74.8 cm³/mol. The van der Waals surface area contributed by atoms with Crippen LogP contribution in [0.5, 0.6) is 11.8 Å². The lowest BCUT2D eigenvalue weighted by Crippen LogP contribution is -2.12. The summed E-state index contributed by atoms with van der Waals surface area (Å²) in [6.45, 7) is 0. The molecule has 0 radical (unpaired) electrons. The van der Waals surface area contributed by atoms with Crippen LogP contribution >= 0.6 is 11.6 Å². The summed E-state index contributed by atoms with van der Waals surface area (Å²) in [5.74, 6) is -0.678. The summed E-state index contributed by atoms with van der Waals surface area (Å²) in [7, 11) is -3.91. The zero-order valence-electron chi connectivity index (χ0n) is 10.5. The van der Waals surface area contributed by atoms with Gasteiger partial charge in [-0.05, 0) is 18.2 Å². The third-order valence-electron chi connectivity index (χ3n) is 2.79. The number of nitrogens with two attached hydrogens (primary N) is 1. The second-order valence-electron chi connectivity index (χ2n) is 4.18. The van der Waals surface area contributed by atoms with Crippen LogP contribution in [0.4, 0.5) is 0 Å². The standard InChI is InChI=1S/C12H10ClN3O4S/c13-9-6-8(21(15,19)20)1-2-10(9)16-11(17)5-7(3-4-14)12(16)18/h1-2,5-6,17-18H,3H2,(H2,15,19,20). The fraction of sp³-hybridized carbons (Fsp3) is 0.0833. The molecule has 0 fully saturated rings. The van der Waals surface area contributed by atoms with Gasteiger partial charge in [0, 0.05) is 11.6 Å². The van der Waals surface area contributed by atoms with Gasteiger partial charge in [0.25, 0.3) is 0 Å². The van der Waals surface area contributed by atoms with Gasteiger partial charge in [0.05, 0.1) is 28.1 Å². The van der Waals surface area contributed by atoms with Gasteiger partial charge in [-0.3, -0.25) is 0 Å². The highest BCUT2D eigenvalue weighted by Crippen LogP contribution is 2.35. The minimum Gasteiger partial charge on any atom is -0.494 e. The van der Waals surface area contributed by atoms with E-state index in [1.54, 1.807) is 0 Å². The number of hydrogen-bond acceptors (Lipinski definition) is 5. The molecule has 7 nitrogen and oxygen atoms in total. The smallest absolute Gasteiger partial charge is 0.238 e. The molecule has 0 atom stereocenters. The van der Waals surface area contributed by atoms with E-state index < -0.39 is 10.0 Å². The predicted octanol–water partition coefficient (Wildman–Crippen LogP) is 1.26. The molecule has 1 aromatic heterocycles. The van der Waals surface area contributed by atoms with Crippen LogP contribution in [0, 0.1) is 11.3 Å². The van der Waals surface area contributed by atoms with Gasteiger partial charge in [-0.25, -0.2) is 18.1 Å². The fourth-order valence-corrected chi connectivity index (χ4v) is 2.71. The summed E-state index contributed by atoms with van der Waals surface area (Å²) in [5, 5.41) is 33.4. The van der Waals surface area contributed by atoms with Crippen LogP contribution in [0.15, 0.2) is 29.2 Å². The Hall–Kier alpha value is -2.21. The molecule has 0 aliphatic rings. The van der Waals surface area contributed by atoms with E-state index in [0.29, 0.717) is 0 Å². The molecular formula is C12H10ClN3O4S. The molecular weight excluding hydrogens is 318 g/mol. The molecule has 1 aromatic carbocycles. The number of halogens is 1. The quantitative estimate of drug-likeness (QED) is 0.781. The molecule has 0 saturated heterocycles. The maximum atomic E-state index is 11.2. The number of nitriles is 1. The molecule has 0 aliphatic heterocycles. The van der Waals surface area contributed by atoms with E-state index in [1.165, 1.54) is 18.2 Å². The maximum absolute atomic E-state index is 11.2. The van der Waals surface area contributed by atoms with Crippen molar-refractivity contribution < 1.29 is 18.6 Å². The van der Waals surface area contributed by atoms with Crippen LogP contribution < -0.4 is 5.14 Å². The van der Waals surface area contributed by atoms with Crippen molar-refractivity contribution in [1.29, 1.82) is 5.26 Å². The van der Waals surface area contributed by atoms with Gasteiger partial charge in [-0.15, -0.1) is 0 Å². The Bertz CT molecular complexity index is 852. The van der Waals surface area contributed by atoms with Crippen molar-refractivity contribution in [2.45, 2.75) is 11.3 Å². The minimum atomic E-state index is -3.91. The fourth-order valence-electron chi connectivity index (χ4n) is 1.84. The molecule has 21 heavy (non-hydrogen) atoms. The highest BCUT2D eigenvalue weighted by atomic mass is 35.5. The lowest BCUT2D eigenvalue weighted by Gasteiger charge is -2.10. The second kappa shape index (κ2) is 5.29. The Morgan fingerprint density at radius 3 is 2.52 bits per heavy atom. The molecule has 2 rings (SSSR count). The maximum Gasteiger partial charge on any atom is 0.238 e. The molecule has 1 heterocycles. The van der Waals surface area contributed by atoms with E-state index in [2.05, 4.69) is 0 Å². The lowest BCUT2D eigenvalue weighted by atomic mass is 10.2. The Balaban J connectivity index is 2.61. The number of primary sulfonamides is 1. The van der Waals surface area contributed by atoms with E-state index in [1.807, 2.05) is 6.07 Å². The summed E-state index contributed by atoms with van der Waals surface area (Å²) in [6, 6.07) is 6.66. The third kappa shape index (κ3) is 2.80. The van der Waals surface area contributed by atoms with Crippen LogP contribution in [-0.4, -0.2) is 23.2 Å². The summed E-state index contributed by atoms with van der Waals surface area (Å²) in [5.41, 5.74) is 0.379. The highest BCUT2D eigenvalue weighted by Gasteiger charge is 2.18. The summed E-state index contributed by atoms with van der Waals surface area (Å²) >= 11 is 5.97. The lowest BCUT2D eigenvalue weighted by molar-refractivity contribution is 0.401. The van der Waals surface area contributed by atoms with Crippen molar-refractivity contribution >= 4 is 21.6 Å². The van der Waals surface area contributed by atoms with Crippen molar-refractivity contribution in [2.24, 2.45) is 5.14 Å². The summed E-state index contributed by atoms with van der Waals surface area (Å²) in [4.78, 5) is -0.195. The van der Waals surface area contributed by atoms with E-state index >= 15 is 0 Å². The SMILES string of the molecule is N#CCc1cc(O)n(-c2ccc(S(N)(=O)=O)cc2Cl)c1O. The first-order valence-electron chi connectivity index (χ1n) is 5.58. The van der Waals surface area contributed by atoms with Crippen molar-refractivity contribution in [1.82, 2.24) is 4.57 Å². The van der Waals surface area contributed by atoms with E-state index in [0.717, 1.165) is 10.6 Å². The van der Waals surface area contributed by atoms with Gasteiger partial charge in [-0.2, -0.15) is 5.26 Å². The second-order valence-corrected chi connectivity index (χ2v) is 6.15. The zero-order chi connectivity index (χ0) is 15.8. The minimum absolute atomic E-state index is 0.0359. The molecule has 0 amide bonds. The monoisotopic (exact) mass is 327 g/mol. The highest BCUT2D eigenvalue weighted by molar-refractivity contribution is 7.89. The largest absolute Gasteiger partial charge is 0.494 e. The Kier molecular flexibility index (Phi) is 3.82. The van der Waals surface area contributed by atoms with Gasteiger partial charge in [0.1, 0.15) is 0 Å². The number of benzene rings is 1. The molecule has 9 heteroatoms. The molecule has 4 N–H and O–H groups in total. The van der Waals surface area contributed by atoms with E-state index in [9.17, 15) is 18.6 Å². The number of hydrogen-bond donors (Lipinski definition) is 3. The summed E-state index contributed by atoms with van der Waals surface area (Å²) < 4.78 is 23.5. The number of aromatic hydroxyl groups is 2. The Labute approximate surface area is 125 Å². The number of aromatic nitrogens is 1. The average molecular weight is 328 g/mol. The molecule has 0 saturated carbocycles. The van der Waals surface area contributed by atoms with Crippen molar-refractivity contribution in [3.63, 3.8) is 0 Å². The van der Waals surface area contributed by atoms with Gasteiger partial charge in [0.2, 0.25) is 15.9 Å². The summed E-state index contributed by atoms with van der Waals surface area (Å²) in [6.07, 6.45) is -0.0979. The van der Waals surface area contributed by atoms with E-state index in [4.69, 9.17) is 22.0 Å². The molecule has 0 bridgehead atoms. The van der Waals surface area contributed by atoms with Crippen LogP contribution in [0.2, 0.25) is 5.02 Å². The Morgan fingerprint density at radius 2 is 2.00 bits per heavy atom. The molecule has 0 unspecified atom stereocenters. The number of nitrogens with zero attached hydrogens (tertiary/aromatic N) is 2. The molecule has 0 spiro atoms. The third-order valence-corrected chi connectivity index (χ3v) is 4.00. The van der Waals surface area contributed by atoms with Gasteiger partial charge >= 0.3 is 0 Å². The molecule has 110 valence electrons.